The fourth-order valence-electron chi connectivity index (χ4n) is 1.66. The quantitative estimate of drug-likeness (QED) is 0.643. The maximum atomic E-state index is 11.0. The second-order valence-electron chi connectivity index (χ2n) is 4.48. The van der Waals surface area contributed by atoms with Gasteiger partial charge in [-0.2, -0.15) is 4.98 Å². The van der Waals surface area contributed by atoms with E-state index < -0.39 is 4.92 Å². The van der Waals surface area contributed by atoms with Crippen LogP contribution in [0.15, 0.2) is 28.8 Å². The zero-order valence-electron chi connectivity index (χ0n) is 11.4. The van der Waals surface area contributed by atoms with Crippen molar-refractivity contribution in [2.75, 3.05) is 0 Å². The van der Waals surface area contributed by atoms with Gasteiger partial charge in [0.2, 0.25) is 11.7 Å². The lowest BCUT2D eigenvalue weighted by atomic mass is 10.2. The van der Waals surface area contributed by atoms with Crippen LogP contribution in [0.5, 0.6) is 0 Å². The van der Waals surface area contributed by atoms with Crippen LogP contribution < -0.4 is 5.32 Å². The summed E-state index contributed by atoms with van der Waals surface area (Å²) in [5, 5.41) is 18.0. The van der Waals surface area contributed by atoms with Gasteiger partial charge < -0.3 is 9.84 Å². The Balaban J connectivity index is 2.19. The van der Waals surface area contributed by atoms with Gasteiger partial charge in [0.05, 0.1) is 11.5 Å². The van der Waals surface area contributed by atoms with Gasteiger partial charge in [0.15, 0.2) is 0 Å². The number of benzene rings is 1. The molecule has 1 aromatic heterocycles. The van der Waals surface area contributed by atoms with Gasteiger partial charge in [-0.05, 0) is 19.4 Å². The summed E-state index contributed by atoms with van der Waals surface area (Å²) in [7, 11) is 0. The van der Waals surface area contributed by atoms with Crippen molar-refractivity contribution in [2.24, 2.45) is 0 Å². The van der Waals surface area contributed by atoms with E-state index in [9.17, 15) is 10.1 Å². The van der Waals surface area contributed by atoms with Crippen molar-refractivity contribution >= 4 is 5.69 Å². The molecule has 0 saturated heterocycles. The minimum Gasteiger partial charge on any atom is -0.338 e. The van der Waals surface area contributed by atoms with E-state index in [2.05, 4.69) is 29.3 Å². The summed E-state index contributed by atoms with van der Waals surface area (Å²) in [6.07, 6.45) is 0.991. The number of nitrogens with zero attached hydrogens (tertiary/aromatic N) is 3. The van der Waals surface area contributed by atoms with Crippen LogP contribution in [-0.4, -0.2) is 21.1 Å². The van der Waals surface area contributed by atoms with Crippen LogP contribution in [0.1, 0.15) is 26.2 Å². The smallest absolute Gasteiger partial charge is 0.280 e. The molecule has 7 nitrogen and oxygen atoms in total. The van der Waals surface area contributed by atoms with E-state index in [1.807, 2.05) is 0 Å². The number of aromatic nitrogens is 2. The van der Waals surface area contributed by atoms with Gasteiger partial charge in [-0.1, -0.05) is 24.2 Å². The molecule has 20 heavy (non-hydrogen) atoms. The number of rotatable bonds is 6. The third-order valence-corrected chi connectivity index (χ3v) is 3.02. The molecule has 106 valence electrons. The first-order chi connectivity index (χ1) is 9.61. The van der Waals surface area contributed by atoms with E-state index in [1.165, 1.54) is 6.07 Å². The van der Waals surface area contributed by atoms with Crippen LogP contribution in [0.3, 0.4) is 0 Å². The van der Waals surface area contributed by atoms with E-state index in [0.29, 0.717) is 24.0 Å². The van der Waals surface area contributed by atoms with Gasteiger partial charge in [0.1, 0.15) is 5.56 Å². The number of para-hydroxylation sites is 1. The monoisotopic (exact) mass is 276 g/mol. The fourth-order valence-corrected chi connectivity index (χ4v) is 1.66. The largest absolute Gasteiger partial charge is 0.338 e. The molecule has 0 amide bonds. The molecular weight excluding hydrogens is 260 g/mol. The lowest BCUT2D eigenvalue weighted by Crippen LogP contribution is -2.24. The summed E-state index contributed by atoms with van der Waals surface area (Å²) in [5.41, 5.74) is 0.325. The van der Waals surface area contributed by atoms with Crippen molar-refractivity contribution < 1.29 is 9.45 Å². The highest BCUT2D eigenvalue weighted by Crippen LogP contribution is 2.26. The summed E-state index contributed by atoms with van der Waals surface area (Å²) in [6.45, 7) is 4.58. The molecule has 2 aromatic rings. The first kappa shape index (κ1) is 14.1. The lowest BCUT2D eigenvalue weighted by Gasteiger charge is -2.07. The Bertz CT molecular complexity index is 597. The normalized spacial score (nSPS) is 12.3. The summed E-state index contributed by atoms with van der Waals surface area (Å²) < 4.78 is 5.10. The molecule has 1 aromatic carbocycles. The first-order valence-electron chi connectivity index (χ1n) is 6.41. The number of hydrogen-bond donors (Lipinski definition) is 1. The SMILES string of the molecule is CCC(C)NCc1nc(-c2ccccc2[N+](=O)[O-])no1. The molecule has 1 heterocycles. The van der Waals surface area contributed by atoms with E-state index in [-0.39, 0.29) is 11.5 Å². The van der Waals surface area contributed by atoms with Gasteiger partial charge in [-0.15, -0.1) is 0 Å². The minimum absolute atomic E-state index is 0.0327. The Hall–Kier alpha value is -2.28. The van der Waals surface area contributed by atoms with Crippen LogP contribution in [0.25, 0.3) is 11.4 Å². The second kappa shape index (κ2) is 6.25. The molecule has 0 fully saturated rings. The van der Waals surface area contributed by atoms with Crippen LogP contribution in [-0.2, 0) is 6.54 Å². The molecule has 0 aliphatic carbocycles. The van der Waals surface area contributed by atoms with Crippen molar-refractivity contribution in [2.45, 2.75) is 32.9 Å². The van der Waals surface area contributed by atoms with Gasteiger partial charge in [-0.25, -0.2) is 0 Å². The molecule has 7 heteroatoms. The molecule has 0 radical (unpaired) electrons. The molecule has 1 atom stereocenters. The predicted molar refractivity (Wildman–Crippen MR) is 73.0 cm³/mol. The number of nitro benzene ring substituents is 1. The Morgan fingerprint density at radius 3 is 2.90 bits per heavy atom. The predicted octanol–water partition coefficient (Wildman–Crippen LogP) is 2.53. The standard InChI is InChI=1S/C13H16N4O3/c1-3-9(2)14-8-12-15-13(16-20-12)10-6-4-5-7-11(10)17(18)19/h4-7,9,14H,3,8H2,1-2H3. The van der Waals surface area contributed by atoms with E-state index in [1.54, 1.807) is 18.2 Å². The molecule has 2 rings (SSSR count). The van der Waals surface area contributed by atoms with Crippen LogP contribution >= 0.6 is 0 Å². The second-order valence-corrected chi connectivity index (χ2v) is 4.48. The van der Waals surface area contributed by atoms with Crippen molar-refractivity contribution in [3.05, 3.63) is 40.3 Å². The van der Waals surface area contributed by atoms with E-state index in [0.717, 1.165) is 6.42 Å². The van der Waals surface area contributed by atoms with E-state index >= 15 is 0 Å². The number of nitro groups is 1. The molecule has 1 unspecified atom stereocenters. The van der Waals surface area contributed by atoms with Gasteiger partial charge in [0, 0.05) is 12.1 Å². The molecule has 1 N–H and O–H groups in total. The van der Waals surface area contributed by atoms with Crippen LogP contribution in [0, 0.1) is 10.1 Å². The maximum absolute atomic E-state index is 11.0. The molecule has 0 aliphatic heterocycles. The average Bonchev–Trinajstić information content (AvgIpc) is 2.93. The topological polar surface area (TPSA) is 94.1 Å². The number of hydrogen-bond acceptors (Lipinski definition) is 6. The fraction of sp³-hybridized carbons (Fsp3) is 0.385. The highest BCUT2D eigenvalue weighted by atomic mass is 16.6. The zero-order chi connectivity index (χ0) is 14.5. The lowest BCUT2D eigenvalue weighted by molar-refractivity contribution is -0.384. The summed E-state index contributed by atoms with van der Waals surface area (Å²) in [5.74, 6) is 0.650. The summed E-state index contributed by atoms with van der Waals surface area (Å²) >= 11 is 0. The van der Waals surface area contributed by atoms with E-state index in [4.69, 9.17) is 4.52 Å². The third-order valence-electron chi connectivity index (χ3n) is 3.02. The van der Waals surface area contributed by atoms with Crippen molar-refractivity contribution in [1.82, 2.24) is 15.5 Å². The van der Waals surface area contributed by atoms with Gasteiger partial charge in [-0.3, -0.25) is 10.1 Å². The maximum Gasteiger partial charge on any atom is 0.280 e. The summed E-state index contributed by atoms with van der Waals surface area (Å²) in [4.78, 5) is 14.7. The third kappa shape index (κ3) is 3.18. The molecule has 0 spiro atoms. The Labute approximate surface area is 116 Å². The Morgan fingerprint density at radius 2 is 2.20 bits per heavy atom. The minimum atomic E-state index is -0.456. The van der Waals surface area contributed by atoms with Crippen molar-refractivity contribution in [1.29, 1.82) is 0 Å². The Morgan fingerprint density at radius 1 is 1.45 bits per heavy atom. The molecule has 0 aliphatic rings. The Kier molecular flexibility index (Phi) is 4.41. The highest BCUT2D eigenvalue weighted by Gasteiger charge is 2.19. The van der Waals surface area contributed by atoms with Crippen molar-refractivity contribution in [3.63, 3.8) is 0 Å². The first-order valence-corrected chi connectivity index (χ1v) is 6.41. The molecule has 0 saturated carbocycles. The van der Waals surface area contributed by atoms with Gasteiger partial charge in [0.25, 0.3) is 5.69 Å². The van der Waals surface area contributed by atoms with Crippen LogP contribution in [0.2, 0.25) is 0 Å². The van der Waals surface area contributed by atoms with Crippen molar-refractivity contribution in [3.8, 4) is 11.4 Å². The number of nitrogens with one attached hydrogen (secondary N) is 1. The van der Waals surface area contributed by atoms with Gasteiger partial charge >= 0.3 is 0 Å². The zero-order valence-corrected chi connectivity index (χ0v) is 11.4. The average molecular weight is 276 g/mol. The van der Waals surface area contributed by atoms with Crippen LogP contribution in [0.4, 0.5) is 5.69 Å². The highest BCUT2D eigenvalue weighted by molar-refractivity contribution is 5.67. The summed E-state index contributed by atoms with van der Waals surface area (Å²) in [6, 6.07) is 6.68. The molecule has 0 bridgehead atoms. The molecular formula is C13H16N4O3.